The largest absolute Gasteiger partial charge is 0.373 e. The van der Waals surface area contributed by atoms with Gasteiger partial charge in [0.25, 0.3) is 0 Å². The number of imidazole rings is 1. The molecule has 154 valence electrons. The van der Waals surface area contributed by atoms with E-state index in [-0.39, 0.29) is 23.0 Å². The third-order valence-corrected chi connectivity index (χ3v) is 6.29. The molecule has 1 fully saturated rings. The van der Waals surface area contributed by atoms with Crippen molar-refractivity contribution >= 4 is 22.6 Å². The zero-order valence-electron chi connectivity index (χ0n) is 16.6. The molecule has 2 aromatic carbocycles. The Morgan fingerprint density at radius 1 is 1.21 bits per heavy atom. The minimum Gasteiger partial charge on any atom is -0.373 e. The Morgan fingerprint density at radius 3 is 2.59 bits per heavy atom. The van der Waals surface area contributed by atoms with Crippen LogP contribution >= 0.6 is 11.6 Å². The van der Waals surface area contributed by atoms with Crippen LogP contribution in [0.25, 0.3) is 11.0 Å². The van der Waals surface area contributed by atoms with Gasteiger partial charge in [0.05, 0.1) is 23.7 Å². The molecule has 1 atom stereocenters. The van der Waals surface area contributed by atoms with Crippen molar-refractivity contribution in [1.29, 1.82) is 0 Å². The number of halogens is 2. The van der Waals surface area contributed by atoms with Gasteiger partial charge in [-0.05, 0) is 69.7 Å². The fourth-order valence-electron chi connectivity index (χ4n) is 4.19. The van der Waals surface area contributed by atoms with E-state index in [1.165, 1.54) is 12.1 Å². The fraction of sp³-hybridized carbons (Fsp3) is 0.409. The highest BCUT2D eigenvalue weighted by atomic mass is 35.5. The van der Waals surface area contributed by atoms with Crippen LogP contribution in [0.3, 0.4) is 0 Å². The predicted octanol–water partition coefficient (Wildman–Crippen LogP) is 4.39. The second-order valence-electron chi connectivity index (χ2n) is 8.04. The van der Waals surface area contributed by atoms with Crippen LogP contribution in [-0.2, 0) is 10.2 Å². The molecule has 29 heavy (non-hydrogen) atoms. The second kappa shape index (κ2) is 7.94. The number of hydrogen-bond acceptors (Lipinski definition) is 3. The van der Waals surface area contributed by atoms with Crippen LogP contribution in [-0.4, -0.2) is 41.6 Å². The average Bonchev–Trinajstić information content (AvgIpc) is 3.07. The first kappa shape index (κ1) is 20.1. The number of aromatic amines is 2. The van der Waals surface area contributed by atoms with Gasteiger partial charge in [0.15, 0.2) is 0 Å². The number of nitrogens with zero attached hydrogens (tertiary/aromatic N) is 1. The first-order valence-electron chi connectivity index (χ1n) is 9.84. The van der Waals surface area contributed by atoms with Crippen LogP contribution in [0.1, 0.15) is 37.0 Å². The third-order valence-electron chi connectivity index (χ3n) is 6.07. The van der Waals surface area contributed by atoms with Crippen molar-refractivity contribution in [2.75, 3.05) is 26.7 Å². The third kappa shape index (κ3) is 4.10. The van der Waals surface area contributed by atoms with Gasteiger partial charge in [-0.1, -0.05) is 23.7 Å². The Hall–Kier alpha value is -2.15. The minimum atomic E-state index is -0.270. The van der Waals surface area contributed by atoms with E-state index in [0.717, 1.165) is 37.1 Å². The Balaban J connectivity index is 1.61. The number of rotatable bonds is 5. The summed E-state index contributed by atoms with van der Waals surface area (Å²) in [6.07, 6.45) is 1.61. The van der Waals surface area contributed by atoms with E-state index in [9.17, 15) is 9.18 Å². The van der Waals surface area contributed by atoms with E-state index in [0.29, 0.717) is 22.7 Å². The molecule has 1 aromatic heterocycles. The van der Waals surface area contributed by atoms with Crippen LogP contribution in [0.15, 0.2) is 41.2 Å². The number of hydrogen-bond donors (Lipinski definition) is 2. The zero-order chi connectivity index (χ0) is 20.6. The van der Waals surface area contributed by atoms with Crippen molar-refractivity contribution in [1.82, 2.24) is 14.9 Å². The molecule has 0 radical (unpaired) electrons. The van der Waals surface area contributed by atoms with Crippen LogP contribution < -0.4 is 5.69 Å². The SMILES string of the molecule is CC(OCC1(c2ccc(F)cc2)CCN(C)CC1)c1cc(Cl)cc2[nH]c(=O)[nH]c12. The maximum absolute atomic E-state index is 13.5. The van der Waals surface area contributed by atoms with Crippen molar-refractivity contribution in [3.05, 3.63) is 68.8 Å². The van der Waals surface area contributed by atoms with Gasteiger partial charge < -0.3 is 19.6 Å². The van der Waals surface area contributed by atoms with E-state index in [2.05, 4.69) is 21.9 Å². The molecule has 3 aromatic rings. The number of piperidine rings is 1. The maximum atomic E-state index is 13.5. The van der Waals surface area contributed by atoms with Gasteiger partial charge >= 0.3 is 5.69 Å². The highest BCUT2D eigenvalue weighted by molar-refractivity contribution is 6.31. The number of fused-ring (bicyclic) bond motifs is 1. The van der Waals surface area contributed by atoms with Crippen LogP contribution in [0.5, 0.6) is 0 Å². The van der Waals surface area contributed by atoms with Gasteiger partial charge in [-0.2, -0.15) is 0 Å². The van der Waals surface area contributed by atoms with E-state index >= 15 is 0 Å². The first-order chi connectivity index (χ1) is 13.9. The molecule has 0 bridgehead atoms. The van der Waals surface area contributed by atoms with Gasteiger partial charge in [0.2, 0.25) is 0 Å². The van der Waals surface area contributed by atoms with E-state index in [4.69, 9.17) is 16.3 Å². The molecular weight excluding hydrogens is 393 g/mol. The fourth-order valence-corrected chi connectivity index (χ4v) is 4.42. The van der Waals surface area contributed by atoms with E-state index in [1.807, 2.05) is 25.1 Å². The van der Waals surface area contributed by atoms with Crippen molar-refractivity contribution < 1.29 is 9.13 Å². The van der Waals surface area contributed by atoms with Gasteiger partial charge in [-0.15, -0.1) is 0 Å². The second-order valence-corrected chi connectivity index (χ2v) is 8.48. The van der Waals surface area contributed by atoms with E-state index < -0.39 is 0 Å². The average molecular weight is 418 g/mol. The molecule has 0 amide bonds. The summed E-state index contributed by atoms with van der Waals surface area (Å²) in [6.45, 7) is 4.39. The number of nitrogens with one attached hydrogen (secondary N) is 2. The lowest BCUT2D eigenvalue weighted by molar-refractivity contribution is 0.00697. The lowest BCUT2D eigenvalue weighted by Gasteiger charge is -2.41. The summed E-state index contributed by atoms with van der Waals surface area (Å²) in [5.74, 6) is -0.233. The first-order valence-corrected chi connectivity index (χ1v) is 10.2. The number of H-pyrrole nitrogens is 2. The standard InChI is InChI=1S/C22H25ClFN3O2/c1-14(18-11-16(23)12-19-20(18)26-21(28)25-19)29-13-22(7-9-27(2)10-8-22)15-3-5-17(24)6-4-15/h3-6,11-12,14H,7-10,13H2,1-2H3,(H2,25,26,28). The van der Waals surface area contributed by atoms with E-state index in [1.54, 1.807) is 6.07 Å². The summed E-state index contributed by atoms with van der Waals surface area (Å²) >= 11 is 6.25. The van der Waals surface area contributed by atoms with Gasteiger partial charge in [0.1, 0.15) is 5.82 Å². The van der Waals surface area contributed by atoms with Crippen molar-refractivity contribution in [2.45, 2.75) is 31.3 Å². The lowest BCUT2D eigenvalue weighted by Crippen LogP contribution is -2.44. The number of ether oxygens (including phenoxy) is 1. The van der Waals surface area contributed by atoms with Crippen molar-refractivity contribution in [3.8, 4) is 0 Å². The quantitative estimate of drug-likeness (QED) is 0.647. The molecule has 5 nitrogen and oxygen atoms in total. The summed E-state index contributed by atoms with van der Waals surface area (Å²) in [5, 5.41) is 0.547. The van der Waals surface area contributed by atoms with Gasteiger partial charge in [-0.3, -0.25) is 0 Å². The molecule has 0 aliphatic carbocycles. The molecule has 2 heterocycles. The number of aromatic nitrogens is 2. The highest BCUT2D eigenvalue weighted by Gasteiger charge is 2.36. The molecule has 1 aliphatic heterocycles. The molecule has 7 heteroatoms. The Labute approximate surface area is 173 Å². The summed E-state index contributed by atoms with van der Waals surface area (Å²) in [7, 11) is 2.11. The molecule has 4 rings (SSSR count). The monoisotopic (exact) mass is 417 g/mol. The van der Waals surface area contributed by atoms with Gasteiger partial charge in [-0.25, -0.2) is 9.18 Å². The van der Waals surface area contributed by atoms with Crippen molar-refractivity contribution in [3.63, 3.8) is 0 Å². The minimum absolute atomic E-state index is 0.169. The zero-order valence-corrected chi connectivity index (χ0v) is 17.4. The molecule has 0 spiro atoms. The van der Waals surface area contributed by atoms with Crippen LogP contribution in [0, 0.1) is 5.82 Å². The Kier molecular flexibility index (Phi) is 5.51. The smallest absolute Gasteiger partial charge is 0.323 e. The lowest BCUT2D eigenvalue weighted by atomic mass is 9.73. The molecular formula is C22H25ClFN3O2. The molecule has 0 saturated carbocycles. The Bertz CT molecular complexity index is 1050. The van der Waals surface area contributed by atoms with Crippen molar-refractivity contribution in [2.24, 2.45) is 0 Å². The molecule has 1 unspecified atom stereocenters. The summed E-state index contributed by atoms with van der Waals surface area (Å²) in [6, 6.07) is 10.3. The predicted molar refractivity (Wildman–Crippen MR) is 113 cm³/mol. The summed E-state index contributed by atoms with van der Waals surface area (Å²) in [5.41, 5.74) is 2.89. The number of benzene rings is 2. The topological polar surface area (TPSA) is 61.1 Å². The summed E-state index contributed by atoms with van der Waals surface area (Å²) < 4.78 is 19.8. The molecule has 1 aliphatic rings. The maximum Gasteiger partial charge on any atom is 0.323 e. The summed E-state index contributed by atoms with van der Waals surface area (Å²) in [4.78, 5) is 19.6. The van der Waals surface area contributed by atoms with Crippen LogP contribution in [0.2, 0.25) is 5.02 Å². The number of likely N-dealkylation sites (tertiary alicyclic amines) is 1. The molecule has 2 N–H and O–H groups in total. The highest BCUT2D eigenvalue weighted by Crippen LogP contribution is 2.38. The van der Waals surface area contributed by atoms with Crippen LogP contribution in [0.4, 0.5) is 4.39 Å². The normalized spacial score (nSPS) is 18.2. The Morgan fingerprint density at radius 2 is 1.90 bits per heavy atom. The van der Waals surface area contributed by atoms with Gasteiger partial charge in [0, 0.05) is 16.0 Å². The molecule has 1 saturated heterocycles.